The van der Waals surface area contributed by atoms with Gasteiger partial charge in [-0.25, -0.2) is 18.7 Å². The van der Waals surface area contributed by atoms with E-state index in [1.54, 1.807) is 24.4 Å². The van der Waals surface area contributed by atoms with Crippen LogP contribution in [0.2, 0.25) is 0 Å². The van der Waals surface area contributed by atoms with E-state index in [-0.39, 0.29) is 12.3 Å². The molecule has 1 aliphatic heterocycles. The molecule has 3 N–H and O–H groups in total. The molecule has 33 heavy (non-hydrogen) atoms. The van der Waals surface area contributed by atoms with Gasteiger partial charge in [0.25, 0.3) is 0 Å². The van der Waals surface area contributed by atoms with Crippen molar-refractivity contribution in [3.05, 3.63) is 65.9 Å². The summed E-state index contributed by atoms with van der Waals surface area (Å²) in [6.45, 7) is 2.93. The van der Waals surface area contributed by atoms with E-state index in [9.17, 15) is 13.9 Å². The van der Waals surface area contributed by atoms with Crippen molar-refractivity contribution in [1.29, 1.82) is 0 Å². The molecule has 9 heteroatoms. The molecular weight excluding hydrogens is 426 g/mol. The van der Waals surface area contributed by atoms with Gasteiger partial charge in [-0.15, -0.1) is 0 Å². The molecule has 1 atom stereocenters. The Morgan fingerprint density at radius 2 is 2.03 bits per heavy atom. The molecule has 2 aromatic heterocycles. The summed E-state index contributed by atoms with van der Waals surface area (Å²) in [5.41, 5.74) is 2.71. The maximum Gasteiger partial charge on any atom is 0.225 e. The summed E-state index contributed by atoms with van der Waals surface area (Å²) in [5, 5.41) is 16.5. The molecule has 5 rings (SSSR count). The predicted molar refractivity (Wildman–Crippen MR) is 122 cm³/mol. The second-order valence-corrected chi connectivity index (χ2v) is 8.31. The zero-order chi connectivity index (χ0) is 22.8. The summed E-state index contributed by atoms with van der Waals surface area (Å²) >= 11 is 0. The van der Waals surface area contributed by atoms with Gasteiger partial charge in [-0.2, -0.15) is 4.98 Å². The van der Waals surface area contributed by atoms with Crippen LogP contribution in [0, 0.1) is 17.6 Å². The molecule has 3 heterocycles. The number of phenolic OH excluding ortho intramolecular Hbond substituents is 1. The highest BCUT2D eigenvalue weighted by atomic mass is 19.2. The number of nitrogens with zero attached hydrogens (tertiary/aromatic N) is 4. The fraction of sp³-hybridized carbons (Fsp3) is 0.292. The Morgan fingerprint density at radius 3 is 2.82 bits per heavy atom. The van der Waals surface area contributed by atoms with Gasteiger partial charge >= 0.3 is 0 Å². The van der Waals surface area contributed by atoms with Crippen molar-refractivity contribution < 1.29 is 13.9 Å². The van der Waals surface area contributed by atoms with Crippen LogP contribution in [0.25, 0.3) is 22.6 Å². The summed E-state index contributed by atoms with van der Waals surface area (Å²) in [6.07, 6.45) is 3.88. The van der Waals surface area contributed by atoms with Gasteiger partial charge in [0.1, 0.15) is 17.1 Å². The lowest BCUT2D eigenvalue weighted by atomic mass is 9.99. The Bertz CT molecular complexity index is 1290. The lowest BCUT2D eigenvalue weighted by Gasteiger charge is -2.24. The Labute approximate surface area is 189 Å². The minimum absolute atomic E-state index is 0.172. The molecule has 1 fully saturated rings. The summed E-state index contributed by atoms with van der Waals surface area (Å²) in [4.78, 5) is 13.8. The van der Waals surface area contributed by atoms with Gasteiger partial charge < -0.3 is 20.3 Å². The molecule has 1 aliphatic rings. The Hall–Kier alpha value is -3.59. The summed E-state index contributed by atoms with van der Waals surface area (Å²) < 4.78 is 28.8. The van der Waals surface area contributed by atoms with E-state index < -0.39 is 11.6 Å². The second-order valence-electron chi connectivity index (χ2n) is 8.31. The molecule has 4 aromatic rings. The van der Waals surface area contributed by atoms with E-state index in [1.807, 2.05) is 6.07 Å². The van der Waals surface area contributed by atoms with Crippen LogP contribution in [0.4, 0.5) is 14.7 Å². The number of imidazole rings is 1. The summed E-state index contributed by atoms with van der Waals surface area (Å²) in [5.74, 6) is -0.0695. The number of fused-ring (bicyclic) bond motifs is 1. The van der Waals surface area contributed by atoms with Gasteiger partial charge in [0.05, 0.1) is 6.20 Å². The van der Waals surface area contributed by atoms with Crippen LogP contribution >= 0.6 is 0 Å². The summed E-state index contributed by atoms with van der Waals surface area (Å²) in [6, 6.07) is 10.8. The Morgan fingerprint density at radius 1 is 1.12 bits per heavy atom. The number of halogens is 2. The van der Waals surface area contributed by atoms with E-state index in [0.29, 0.717) is 28.6 Å². The third kappa shape index (κ3) is 4.63. The van der Waals surface area contributed by atoms with Gasteiger partial charge in [-0.1, -0.05) is 18.2 Å². The fourth-order valence-electron chi connectivity index (χ4n) is 4.21. The number of benzene rings is 2. The quantitative estimate of drug-likeness (QED) is 0.410. The SMILES string of the molecule is Oc1cccc(-c2nc3cnc(NCc4ccc(F)c(F)c4)nc3n2C[C@@H]2CCCNC2)c1. The Balaban J connectivity index is 1.49. The fourth-order valence-corrected chi connectivity index (χ4v) is 4.21. The predicted octanol–water partition coefficient (Wildman–Crippen LogP) is 4.09. The number of anilines is 1. The molecule has 0 spiro atoms. The molecule has 170 valence electrons. The van der Waals surface area contributed by atoms with Crippen LogP contribution < -0.4 is 10.6 Å². The number of piperidine rings is 1. The zero-order valence-corrected chi connectivity index (χ0v) is 17.9. The van der Waals surface area contributed by atoms with Crippen LogP contribution in [0.1, 0.15) is 18.4 Å². The van der Waals surface area contributed by atoms with Crippen molar-refractivity contribution in [1.82, 2.24) is 24.8 Å². The largest absolute Gasteiger partial charge is 0.508 e. The van der Waals surface area contributed by atoms with Crippen molar-refractivity contribution >= 4 is 17.1 Å². The molecule has 7 nitrogen and oxygen atoms in total. The molecule has 1 saturated heterocycles. The summed E-state index contributed by atoms with van der Waals surface area (Å²) in [7, 11) is 0. The molecular formula is C24H24F2N6O. The number of phenols is 1. The normalized spacial score (nSPS) is 16.2. The average Bonchev–Trinajstić information content (AvgIpc) is 3.18. The number of aromatic nitrogens is 4. The van der Waals surface area contributed by atoms with Crippen molar-refractivity contribution in [2.75, 3.05) is 18.4 Å². The highest BCUT2D eigenvalue weighted by Crippen LogP contribution is 2.28. The first-order valence-electron chi connectivity index (χ1n) is 11.0. The zero-order valence-electron chi connectivity index (χ0n) is 17.9. The average molecular weight is 450 g/mol. The third-order valence-electron chi connectivity index (χ3n) is 5.87. The minimum Gasteiger partial charge on any atom is -0.508 e. The first-order valence-corrected chi connectivity index (χ1v) is 11.0. The highest BCUT2D eigenvalue weighted by Gasteiger charge is 2.20. The maximum atomic E-state index is 13.5. The number of aromatic hydroxyl groups is 1. The molecule has 0 bridgehead atoms. The standard InChI is InChI=1S/C24H24F2N6O/c25-19-7-6-15(9-20(19)26)12-28-24-29-13-21-23(31-24)32(14-16-3-2-8-27-11-16)22(30-21)17-4-1-5-18(33)10-17/h1,4-7,9-10,13,16,27,33H,2-3,8,11-12,14H2,(H,28,29,31)/t16-/m1/s1. The Kier molecular flexibility index (Phi) is 5.87. The first-order chi connectivity index (χ1) is 16.1. The van der Waals surface area contributed by atoms with E-state index in [4.69, 9.17) is 9.97 Å². The van der Waals surface area contributed by atoms with E-state index >= 15 is 0 Å². The maximum absolute atomic E-state index is 13.5. The second kappa shape index (κ2) is 9.11. The lowest BCUT2D eigenvalue weighted by Crippen LogP contribution is -2.32. The number of hydrogen-bond acceptors (Lipinski definition) is 6. The molecule has 2 aromatic carbocycles. The minimum atomic E-state index is -0.888. The number of rotatable bonds is 6. The monoisotopic (exact) mass is 450 g/mol. The molecule has 0 radical (unpaired) electrons. The van der Waals surface area contributed by atoms with Crippen LogP contribution in [0.15, 0.2) is 48.7 Å². The lowest BCUT2D eigenvalue weighted by molar-refractivity contribution is 0.341. The number of hydrogen-bond donors (Lipinski definition) is 3. The van der Waals surface area contributed by atoms with Crippen LogP contribution in [0.3, 0.4) is 0 Å². The molecule has 0 saturated carbocycles. The molecule has 0 amide bonds. The van der Waals surface area contributed by atoms with Gasteiger partial charge in [0.15, 0.2) is 17.3 Å². The van der Waals surface area contributed by atoms with Gasteiger partial charge in [0.2, 0.25) is 5.95 Å². The smallest absolute Gasteiger partial charge is 0.225 e. The van der Waals surface area contributed by atoms with Crippen LogP contribution in [-0.2, 0) is 13.1 Å². The van der Waals surface area contributed by atoms with E-state index in [1.165, 1.54) is 6.07 Å². The van der Waals surface area contributed by atoms with Crippen molar-refractivity contribution in [3.8, 4) is 17.1 Å². The highest BCUT2D eigenvalue weighted by molar-refractivity contribution is 5.77. The van der Waals surface area contributed by atoms with E-state index in [0.717, 1.165) is 56.0 Å². The van der Waals surface area contributed by atoms with Crippen molar-refractivity contribution in [3.63, 3.8) is 0 Å². The van der Waals surface area contributed by atoms with Gasteiger partial charge in [-0.05, 0) is 61.7 Å². The van der Waals surface area contributed by atoms with Gasteiger partial charge in [0, 0.05) is 18.7 Å². The topological polar surface area (TPSA) is 87.9 Å². The van der Waals surface area contributed by atoms with Crippen molar-refractivity contribution in [2.45, 2.75) is 25.9 Å². The third-order valence-corrected chi connectivity index (χ3v) is 5.87. The van der Waals surface area contributed by atoms with Gasteiger partial charge in [-0.3, -0.25) is 0 Å². The van der Waals surface area contributed by atoms with E-state index in [2.05, 4.69) is 20.2 Å². The van der Waals surface area contributed by atoms with Crippen LogP contribution in [-0.4, -0.2) is 37.7 Å². The number of nitrogens with one attached hydrogen (secondary N) is 2. The van der Waals surface area contributed by atoms with Crippen LogP contribution in [0.5, 0.6) is 5.75 Å². The molecule has 0 unspecified atom stereocenters. The molecule has 0 aliphatic carbocycles. The van der Waals surface area contributed by atoms with Crippen molar-refractivity contribution in [2.24, 2.45) is 5.92 Å². The first kappa shape index (κ1) is 21.3.